The Labute approximate surface area is 323 Å². The molecule has 0 fully saturated rings. The lowest BCUT2D eigenvalue weighted by Crippen LogP contribution is -2.18. The van der Waals surface area contributed by atoms with Crippen LogP contribution in [0.1, 0.15) is 59.1 Å². The molecule has 1 aliphatic carbocycles. The number of aryl methyl sites for hydroxylation is 1. The third kappa shape index (κ3) is 7.44. The van der Waals surface area contributed by atoms with Gasteiger partial charge in [0.25, 0.3) is 11.8 Å². The minimum atomic E-state index is -0.718. The lowest BCUT2D eigenvalue weighted by atomic mass is 9.87. The summed E-state index contributed by atoms with van der Waals surface area (Å²) in [6.07, 6.45) is 3.97. The highest BCUT2D eigenvalue weighted by Gasteiger charge is 2.26. The number of fused-ring (bicyclic) bond motifs is 2. The molecular formula is C42H42N8O6. The molecule has 0 radical (unpaired) electrons. The number of primary amides is 2. The number of hydrogen-bond acceptors (Lipinski definition) is 10. The van der Waals surface area contributed by atoms with E-state index in [4.69, 9.17) is 20.9 Å². The third-order valence-electron chi connectivity index (χ3n) is 9.29. The first kappa shape index (κ1) is 38.5. The number of carbonyl (C=O) groups is 2. The molecule has 56 heavy (non-hydrogen) atoms. The molecule has 0 saturated carbocycles. The molecule has 2 amide bonds. The quantitative estimate of drug-likeness (QED) is 0.132. The Morgan fingerprint density at radius 2 is 1.09 bits per heavy atom. The van der Waals surface area contributed by atoms with Crippen LogP contribution in [-0.2, 0) is 12.8 Å². The average Bonchev–Trinajstić information content (AvgIpc) is 3.88. The van der Waals surface area contributed by atoms with Crippen LogP contribution < -0.4 is 20.9 Å². The molecule has 5 aromatic carbocycles. The highest BCUT2D eigenvalue weighted by molar-refractivity contribution is 5.99. The Morgan fingerprint density at radius 3 is 1.62 bits per heavy atom. The Bertz CT molecular complexity index is 2510. The van der Waals surface area contributed by atoms with Gasteiger partial charge in [0.2, 0.25) is 11.6 Å². The standard InChI is InChI=1S/C20H20N4O3.C20H16N4O3.C2H6/c2*1-27-14-9-7-13(8-10-14)24-19(22-23-20(24)18(21)26)17-15-5-3-2-4-12(15)6-11-16(17)25;1-2/h6-11,25H,2-5H2,1H3,(H2,21,26);2-11,25H,1H3,(H2,21,26);1-2H3. The number of phenols is 2. The van der Waals surface area contributed by atoms with Gasteiger partial charge in [0, 0.05) is 11.4 Å². The Kier molecular flexibility index (Phi) is 11.6. The van der Waals surface area contributed by atoms with E-state index in [0.29, 0.717) is 45.6 Å². The normalized spacial score (nSPS) is 11.7. The number of nitrogens with two attached hydrogens (primary N) is 2. The number of aromatic nitrogens is 6. The van der Waals surface area contributed by atoms with Gasteiger partial charge in [-0.15, -0.1) is 20.4 Å². The zero-order chi connectivity index (χ0) is 39.9. The zero-order valence-electron chi connectivity index (χ0n) is 31.4. The first-order valence-electron chi connectivity index (χ1n) is 18.0. The highest BCUT2D eigenvalue weighted by atomic mass is 16.5. The Hall–Kier alpha value is -7.22. The SMILES string of the molecule is CC.COc1ccc(-n2c(C(N)=O)nnc2-c2c(O)ccc3c2CCCC3)cc1.COc1ccc(-n2c(C(N)=O)nnc2-c2c(O)ccc3ccccc23)cc1. The van der Waals surface area contributed by atoms with Gasteiger partial charge in [-0.25, -0.2) is 0 Å². The number of amides is 2. The largest absolute Gasteiger partial charge is 0.507 e. The van der Waals surface area contributed by atoms with Crippen molar-refractivity contribution in [2.45, 2.75) is 39.5 Å². The molecule has 14 nitrogen and oxygen atoms in total. The Balaban J connectivity index is 0.000000182. The van der Waals surface area contributed by atoms with Crippen LogP contribution in [0.25, 0.3) is 44.9 Å². The summed E-state index contributed by atoms with van der Waals surface area (Å²) < 4.78 is 13.5. The summed E-state index contributed by atoms with van der Waals surface area (Å²) in [5, 5.41) is 39.2. The fourth-order valence-electron chi connectivity index (χ4n) is 6.72. The van der Waals surface area contributed by atoms with Crippen LogP contribution in [0.2, 0.25) is 0 Å². The van der Waals surface area contributed by atoms with Crippen molar-refractivity contribution >= 4 is 22.6 Å². The predicted octanol–water partition coefficient (Wildman–Crippen LogP) is 6.55. The van der Waals surface area contributed by atoms with Gasteiger partial charge in [-0.2, -0.15) is 0 Å². The molecule has 0 spiro atoms. The number of carbonyl (C=O) groups excluding carboxylic acids is 2. The van der Waals surface area contributed by atoms with Crippen LogP contribution in [0.5, 0.6) is 23.0 Å². The summed E-state index contributed by atoms with van der Waals surface area (Å²) in [6.45, 7) is 4.00. The predicted molar refractivity (Wildman–Crippen MR) is 213 cm³/mol. The molecule has 0 atom stereocenters. The summed E-state index contributed by atoms with van der Waals surface area (Å²) in [5.74, 6) is 0.828. The van der Waals surface area contributed by atoms with Gasteiger partial charge in [0.1, 0.15) is 23.0 Å². The second-order valence-corrected chi connectivity index (χ2v) is 12.5. The number of nitrogens with zero attached hydrogens (tertiary/aromatic N) is 6. The van der Waals surface area contributed by atoms with Crippen molar-refractivity contribution in [3.8, 4) is 57.1 Å². The van der Waals surface area contributed by atoms with E-state index in [2.05, 4.69) is 20.4 Å². The lowest BCUT2D eigenvalue weighted by Gasteiger charge is -2.20. The molecule has 1 aliphatic rings. The third-order valence-corrected chi connectivity index (χ3v) is 9.29. The summed E-state index contributed by atoms with van der Waals surface area (Å²) in [6, 6.07) is 28.8. The number of benzene rings is 5. The molecule has 6 N–H and O–H groups in total. The van der Waals surface area contributed by atoms with Crippen LogP contribution in [0.15, 0.2) is 97.1 Å². The maximum absolute atomic E-state index is 11.9. The number of hydrogen-bond donors (Lipinski definition) is 4. The topological polar surface area (TPSA) is 207 Å². The van der Waals surface area contributed by atoms with Crippen molar-refractivity contribution in [1.82, 2.24) is 29.5 Å². The van der Waals surface area contributed by atoms with Crippen molar-refractivity contribution < 1.29 is 29.3 Å². The van der Waals surface area contributed by atoms with E-state index in [9.17, 15) is 19.8 Å². The summed E-state index contributed by atoms with van der Waals surface area (Å²) in [5.41, 5.74) is 15.7. The van der Waals surface area contributed by atoms with Gasteiger partial charge in [-0.1, -0.05) is 50.2 Å². The van der Waals surface area contributed by atoms with E-state index in [-0.39, 0.29) is 23.1 Å². The van der Waals surface area contributed by atoms with E-state index >= 15 is 0 Å². The minimum absolute atomic E-state index is 0.0166. The molecule has 2 aromatic heterocycles. The Morgan fingerprint density at radius 1 is 0.607 bits per heavy atom. The van der Waals surface area contributed by atoms with Gasteiger partial charge in [0.05, 0.1) is 25.3 Å². The van der Waals surface area contributed by atoms with E-state index in [1.165, 1.54) is 10.1 Å². The smallest absolute Gasteiger partial charge is 0.287 e. The molecule has 0 saturated heterocycles. The molecule has 0 unspecified atom stereocenters. The summed E-state index contributed by atoms with van der Waals surface area (Å²) >= 11 is 0. The van der Waals surface area contributed by atoms with Gasteiger partial charge < -0.3 is 31.2 Å². The van der Waals surface area contributed by atoms with E-state index < -0.39 is 11.8 Å². The van der Waals surface area contributed by atoms with Crippen molar-refractivity contribution in [2.24, 2.45) is 11.5 Å². The van der Waals surface area contributed by atoms with Crippen molar-refractivity contribution in [3.63, 3.8) is 0 Å². The number of methoxy groups -OCH3 is 2. The summed E-state index contributed by atoms with van der Waals surface area (Å²) in [4.78, 5) is 23.9. The van der Waals surface area contributed by atoms with Crippen LogP contribution in [0.3, 0.4) is 0 Å². The summed E-state index contributed by atoms with van der Waals surface area (Å²) in [7, 11) is 3.16. The molecule has 0 bridgehead atoms. The fourth-order valence-corrected chi connectivity index (χ4v) is 6.72. The fraction of sp³-hybridized carbons (Fsp3) is 0.190. The monoisotopic (exact) mass is 754 g/mol. The van der Waals surface area contributed by atoms with Crippen molar-refractivity contribution in [1.29, 1.82) is 0 Å². The molecular weight excluding hydrogens is 713 g/mol. The minimum Gasteiger partial charge on any atom is -0.507 e. The van der Waals surface area contributed by atoms with Crippen LogP contribution in [0.4, 0.5) is 0 Å². The second kappa shape index (κ2) is 16.8. The van der Waals surface area contributed by atoms with Gasteiger partial charge >= 0.3 is 0 Å². The molecule has 286 valence electrons. The highest BCUT2D eigenvalue weighted by Crippen LogP contribution is 2.39. The number of ether oxygens (including phenoxy) is 2. The van der Waals surface area contributed by atoms with Gasteiger partial charge in [-0.3, -0.25) is 18.7 Å². The number of aromatic hydroxyl groups is 2. The average molecular weight is 755 g/mol. The molecule has 14 heteroatoms. The number of phenolic OH excluding ortho intramolecular Hbond substituents is 2. The van der Waals surface area contributed by atoms with E-state index in [0.717, 1.165) is 42.0 Å². The van der Waals surface area contributed by atoms with E-state index in [1.807, 2.05) is 50.2 Å². The number of rotatable bonds is 8. The van der Waals surface area contributed by atoms with Crippen LogP contribution in [-0.4, -0.2) is 65.8 Å². The first-order chi connectivity index (χ1) is 27.2. The van der Waals surface area contributed by atoms with E-state index in [1.54, 1.807) is 79.5 Å². The van der Waals surface area contributed by atoms with Crippen molar-refractivity contribution in [2.75, 3.05) is 14.2 Å². The maximum atomic E-state index is 11.9. The zero-order valence-corrected chi connectivity index (χ0v) is 31.4. The maximum Gasteiger partial charge on any atom is 0.287 e. The van der Waals surface area contributed by atoms with Crippen LogP contribution in [0, 0.1) is 0 Å². The van der Waals surface area contributed by atoms with Crippen LogP contribution >= 0.6 is 0 Å². The molecule has 7 aromatic rings. The molecule has 0 aliphatic heterocycles. The van der Waals surface area contributed by atoms with Crippen molar-refractivity contribution in [3.05, 3.63) is 120 Å². The first-order valence-corrected chi connectivity index (χ1v) is 18.0. The molecule has 8 rings (SSSR count). The van der Waals surface area contributed by atoms with Gasteiger partial charge in [0.15, 0.2) is 11.6 Å². The molecule has 2 heterocycles. The second-order valence-electron chi connectivity index (χ2n) is 12.5. The van der Waals surface area contributed by atoms with Gasteiger partial charge in [-0.05, 0) is 108 Å². The lowest BCUT2D eigenvalue weighted by molar-refractivity contribution is 0.0980.